The molecule has 0 saturated carbocycles. The number of carbonyl (C=O) groups is 1. The number of esters is 1. The molecule has 2 aromatic rings. The van der Waals surface area contributed by atoms with Crippen LogP contribution in [0.25, 0.3) is 16.7 Å². The smallest absolute Gasteiger partial charge is 0.485 e. The molecule has 0 spiro atoms. The standard InChI is InChI=1S/C18H15F3O7S/c1-9-8-25-17(10(2)16(9)26-11(3)22)15-6-12-4-5-13(7-14(12)27-15)28-29(23,24)18(19,20)21/h4-7H,8H2,1-3H3. The molecule has 0 radical (unpaired) electrons. The summed E-state index contributed by atoms with van der Waals surface area (Å²) in [5.74, 6) is -0.196. The van der Waals surface area contributed by atoms with Crippen LogP contribution in [0.5, 0.6) is 5.75 Å². The van der Waals surface area contributed by atoms with Gasteiger partial charge in [0.05, 0.1) is 0 Å². The number of allylic oxidation sites excluding steroid dienone is 1. The first-order valence-electron chi connectivity index (χ1n) is 8.16. The maximum Gasteiger partial charge on any atom is 0.534 e. The fraction of sp³-hybridized carbons (Fsp3) is 0.278. The normalized spacial score (nSPS) is 15.5. The zero-order valence-corrected chi connectivity index (χ0v) is 16.2. The SMILES string of the molecule is CC(=O)OC1=C(C)COC(c2cc3ccc(OS(=O)(=O)C(F)(F)F)cc3o2)=C1C. The van der Waals surface area contributed by atoms with Gasteiger partial charge in [-0.2, -0.15) is 21.6 Å². The average molecular weight is 432 g/mol. The summed E-state index contributed by atoms with van der Waals surface area (Å²) >= 11 is 0. The van der Waals surface area contributed by atoms with Crippen molar-refractivity contribution in [3.05, 3.63) is 46.9 Å². The zero-order valence-electron chi connectivity index (χ0n) is 15.4. The number of hydrogen-bond acceptors (Lipinski definition) is 7. The van der Waals surface area contributed by atoms with Crippen LogP contribution in [-0.2, 0) is 24.4 Å². The maximum atomic E-state index is 12.5. The van der Waals surface area contributed by atoms with E-state index in [1.807, 2.05) is 0 Å². The minimum atomic E-state index is -5.80. The van der Waals surface area contributed by atoms with E-state index in [-0.39, 0.29) is 23.7 Å². The molecule has 11 heteroatoms. The van der Waals surface area contributed by atoms with E-state index < -0.39 is 27.3 Å². The Morgan fingerprint density at radius 2 is 1.86 bits per heavy atom. The van der Waals surface area contributed by atoms with E-state index in [1.165, 1.54) is 13.0 Å². The number of benzene rings is 1. The second-order valence-electron chi connectivity index (χ2n) is 6.24. The molecule has 0 aliphatic carbocycles. The van der Waals surface area contributed by atoms with Gasteiger partial charge >= 0.3 is 21.6 Å². The van der Waals surface area contributed by atoms with Crippen molar-refractivity contribution in [2.75, 3.05) is 6.61 Å². The molecule has 0 amide bonds. The summed E-state index contributed by atoms with van der Waals surface area (Å²) in [7, 11) is -5.80. The van der Waals surface area contributed by atoms with Crippen molar-refractivity contribution in [1.82, 2.24) is 0 Å². The lowest BCUT2D eigenvalue weighted by atomic mass is 10.1. The lowest BCUT2D eigenvalue weighted by Gasteiger charge is -2.21. The van der Waals surface area contributed by atoms with Crippen molar-refractivity contribution >= 4 is 32.8 Å². The molecule has 1 aromatic carbocycles. The average Bonchev–Trinajstić information content (AvgIpc) is 3.00. The number of ether oxygens (including phenoxy) is 2. The summed E-state index contributed by atoms with van der Waals surface area (Å²) in [5, 5.41) is 0.473. The summed E-state index contributed by atoms with van der Waals surface area (Å²) in [6.07, 6.45) is 0. The lowest BCUT2D eigenvalue weighted by molar-refractivity contribution is -0.136. The van der Waals surface area contributed by atoms with Gasteiger partial charge in [-0.3, -0.25) is 4.79 Å². The molecule has 0 unspecified atom stereocenters. The molecule has 1 aliphatic heterocycles. The van der Waals surface area contributed by atoms with Gasteiger partial charge in [-0.05, 0) is 32.0 Å². The highest BCUT2D eigenvalue weighted by Crippen LogP contribution is 2.36. The maximum absolute atomic E-state index is 12.5. The molecule has 3 rings (SSSR count). The predicted octanol–water partition coefficient (Wildman–Crippen LogP) is 4.26. The Bertz CT molecular complexity index is 1150. The third kappa shape index (κ3) is 4.09. The molecular formula is C18H15F3O7S. The molecule has 29 heavy (non-hydrogen) atoms. The second kappa shape index (κ2) is 7.14. The van der Waals surface area contributed by atoms with Crippen LogP contribution < -0.4 is 4.18 Å². The van der Waals surface area contributed by atoms with Gasteiger partial charge in [0.2, 0.25) is 0 Å². The lowest BCUT2D eigenvalue weighted by Crippen LogP contribution is -2.27. The first-order valence-corrected chi connectivity index (χ1v) is 9.57. The molecule has 1 aromatic heterocycles. The van der Waals surface area contributed by atoms with Gasteiger partial charge < -0.3 is 18.1 Å². The minimum absolute atomic E-state index is 0.0825. The number of alkyl halides is 3. The van der Waals surface area contributed by atoms with Crippen LogP contribution in [0, 0.1) is 0 Å². The zero-order chi connectivity index (χ0) is 21.6. The third-order valence-electron chi connectivity index (χ3n) is 3.95. The molecule has 0 bridgehead atoms. The molecule has 1 aliphatic rings. The second-order valence-corrected chi connectivity index (χ2v) is 7.78. The molecular weight excluding hydrogens is 417 g/mol. The fourth-order valence-corrected chi connectivity index (χ4v) is 3.14. The van der Waals surface area contributed by atoms with Gasteiger partial charge in [0.15, 0.2) is 11.5 Å². The van der Waals surface area contributed by atoms with Crippen LogP contribution in [-0.4, -0.2) is 26.5 Å². The number of carbonyl (C=O) groups excluding carboxylic acids is 1. The van der Waals surface area contributed by atoms with Crippen LogP contribution in [0.2, 0.25) is 0 Å². The summed E-state index contributed by atoms with van der Waals surface area (Å²) in [4.78, 5) is 11.3. The van der Waals surface area contributed by atoms with E-state index in [2.05, 4.69) is 4.18 Å². The molecule has 0 atom stereocenters. The number of halogens is 3. The highest BCUT2D eigenvalue weighted by molar-refractivity contribution is 7.88. The van der Waals surface area contributed by atoms with Gasteiger partial charge in [-0.25, -0.2) is 0 Å². The largest absolute Gasteiger partial charge is 0.534 e. The fourth-order valence-electron chi connectivity index (χ4n) is 2.69. The van der Waals surface area contributed by atoms with Crippen molar-refractivity contribution in [3.63, 3.8) is 0 Å². The van der Waals surface area contributed by atoms with Crippen molar-refractivity contribution in [1.29, 1.82) is 0 Å². The molecule has 0 saturated heterocycles. The van der Waals surface area contributed by atoms with Gasteiger partial charge in [0.25, 0.3) is 0 Å². The summed E-state index contributed by atoms with van der Waals surface area (Å²) in [6.45, 7) is 4.81. The number of rotatable bonds is 4. The van der Waals surface area contributed by atoms with E-state index in [0.29, 0.717) is 22.3 Å². The predicted molar refractivity (Wildman–Crippen MR) is 94.8 cm³/mol. The van der Waals surface area contributed by atoms with Gasteiger partial charge in [-0.15, -0.1) is 0 Å². The Balaban J connectivity index is 1.99. The van der Waals surface area contributed by atoms with E-state index >= 15 is 0 Å². The third-order valence-corrected chi connectivity index (χ3v) is 4.93. The summed E-state index contributed by atoms with van der Waals surface area (Å²) in [6, 6.07) is 5.00. The minimum Gasteiger partial charge on any atom is -0.485 e. The first kappa shape index (κ1) is 20.8. The highest BCUT2D eigenvalue weighted by atomic mass is 32.2. The van der Waals surface area contributed by atoms with E-state index in [1.54, 1.807) is 19.9 Å². The molecule has 0 N–H and O–H groups in total. The van der Waals surface area contributed by atoms with Crippen LogP contribution in [0.3, 0.4) is 0 Å². The summed E-state index contributed by atoms with van der Waals surface area (Å²) < 4.78 is 80.3. The Morgan fingerprint density at radius 3 is 2.48 bits per heavy atom. The molecule has 156 valence electrons. The molecule has 7 nitrogen and oxygen atoms in total. The highest BCUT2D eigenvalue weighted by Gasteiger charge is 2.48. The molecule has 0 fully saturated rings. The Morgan fingerprint density at radius 1 is 1.17 bits per heavy atom. The molecule has 2 heterocycles. The van der Waals surface area contributed by atoms with Gasteiger partial charge in [0, 0.05) is 29.5 Å². The van der Waals surface area contributed by atoms with Crippen molar-refractivity contribution in [2.24, 2.45) is 0 Å². The van der Waals surface area contributed by atoms with E-state index in [4.69, 9.17) is 13.9 Å². The van der Waals surface area contributed by atoms with Gasteiger partial charge in [0.1, 0.15) is 23.7 Å². The Labute approximate surface area is 163 Å². The monoisotopic (exact) mass is 432 g/mol. The first-order chi connectivity index (χ1) is 13.4. The number of hydrogen-bond donors (Lipinski definition) is 0. The van der Waals surface area contributed by atoms with Crippen LogP contribution >= 0.6 is 0 Å². The van der Waals surface area contributed by atoms with Crippen LogP contribution in [0.4, 0.5) is 13.2 Å². The topological polar surface area (TPSA) is 92.0 Å². The van der Waals surface area contributed by atoms with Gasteiger partial charge in [-0.1, -0.05) is 0 Å². The Kier molecular flexibility index (Phi) is 5.11. The Hall–Kier alpha value is -2.95. The van der Waals surface area contributed by atoms with Crippen molar-refractivity contribution in [3.8, 4) is 5.75 Å². The van der Waals surface area contributed by atoms with E-state index in [9.17, 15) is 26.4 Å². The number of furan rings is 1. The van der Waals surface area contributed by atoms with E-state index in [0.717, 1.165) is 12.1 Å². The quantitative estimate of drug-likeness (QED) is 0.405. The number of fused-ring (bicyclic) bond motifs is 1. The van der Waals surface area contributed by atoms with Crippen molar-refractivity contribution < 1.29 is 44.5 Å². The van der Waals surface area contributed by atoms with Crippen molar-refractivity contribution in [2.45, 2.75) is 26.3 Å². The summed E-state index contributed by atoms with van der Waals surface area (Å²) in [5.41, 5.74) is -4.27. The van der Waals surface area contributed by atoms with Crippen LogP contribution in [0.1, 0.15) is 26.5 Å². The van der Waals surface area contributed by atoms with Crippen LogP contribution in [0.15, 0.2) is 45.6 Å².